The maximum Gasteiger partial charge on any atom is 0.0470 e. The Kier molecular flexibility index (Phi) is 4.18. The van der Waals surface area contributed by atoms with Crippen LogP contribution in [0.2, 0.25) is 5.02 Å². The average Bonchev–Trinajstić information content (AvgIpc) is 2.29. The molecule has 0 aromatic heterocycles. The van der Waals surface area contributed by atoms with Crippen molar-refractivity contribution in [2.75, 3.05) is 11.9 Å². The lowest BCUT2D eigenvalue weighted by molar-refractivity contribution is 0.248. The first-order chi connectivity index (χ1) is 8.52. The zero-order valence-electron chi connectivity index (χ0n) is 11.3. The van der Waals surface area contributed by atoms with Gasteiger partial charge < -0.3 is 11.1 Å². The molecule has 2 rings (SSSR count). The maximum absolute atomic E-state index is 6.16. The smallest absolute Gasteiger partial charge is 0.0470 e. The van der Waals surface area contributed by atoms with E-state index in [1.54, 1.807) is 0 Å². The summed E-state index contributed by atoms with van der Waals surface area (Å²) < 4.78 is 0. The topological polar surface area (TPSA) is 38.0 Å². The fraction of sp³-hybridized carbons (Fsp3) is 0.600. The highest BCUT2D eigenvalue weighted by atomic mass is 35.5. The van der Waals surface area contributed by atoms with E-state index in [9.17, 15) is 0 Å². The first kappa shape index (κ1) is 13.7. The van der Waals surface area contributed by atoms with E-state index in [-0.39, 0.29) is 5.54 Å². The third kappa shape index (κ3) is 3.18. The van der Waals surface area contributed by atoms with Gasteiger partial charge in [0.15, 0.2) is 0 Å². The van der Waals surface area contributed by atoms with Crippen LogP contribution in [-0.2, 0) is 0 Å². The molecule has 1 aliphatic rings. The number of halogens is 1. The summed E-state index contributed by atoms with van der Waals surface area (Å²) in [6.07, 6.45) is 5.23. The van der Waals surface area contributed by atoms with Gasteiger partial charge in [0.05, 0.1) is 0 Å². The van der Waals surface area contributed by atoms with Crippen LogP contribution in [0.5, 0.6) is 0 Å². The lowest BCUT2D eigenvalue weighted by atomic mass is 9.76. The lowest BCUT2D eigenvalue weighted by Crippen LogP contribution is -2.45. The van der Waals surface area contributed by atoms with Gasteiger partial charge in [-0.2, -0.15) is 0 Å². The Morgan fingerprint density at radius 1 is 1.44 bits per heavy atom. The van der Waals surface area contributed by atoms with Crippen molar-refractivity contribution in [1.29, 1.82) is 0 Å². The van der Waals surface area contributed by atoms with Crippen LogP contribution >= 0.6 is 11.6 Å². The number of nitrogens with two attached hydrogens (primary N) is 1. The number of aryl methyl sites for hydroxylation is 1. The lowest BCUT2D eigenvalue weighted by Gasteiger charge is -2.37. The molecule has 100 valence electrons. The average molecular weight is 267 g/mol. The van der Waals surface area contributed by atoms with E-state index in [4.69, 9.17) is 17.3 Å². The van der Waals surface area contributed by atoms with Crippen molar-refractivity contribution in [3.63, 3.8) is 0 Å². The van der Waals surface area contributed by atoms with E-state index in [0.29, 0.717) is 6.54 Å². The SMILES string of the molecule is Cc1ccc(NC(C)(CN)CC2CCC2)cc1Cl. The van der Waals surface area contributed by atoms with E-state index in [2.05, 4.69) is 18.3 Å². The molecule has 3 heteroatoms. The Labute approximate surface area is 115 Å². The second-order valence-electron chi connectivity index (χ2n) is 5.85. The fourth-order valence-electron chi connectivity index (χ4n) is 2.54. The van der Waals surface area contributed by atoms with Crippen LogP contribution in [0.15, 0.2) is 18.2 Å². The third-order valence-corrected chi connectivity index (χ3v) is 4.44. The maximum atomic E-state index is 6.16. The quantitative estimate of drug-likeness (QED) is 0.846. The first-order valence-corrected chi connectivity index (χ1v) is 7.15. The summed E-state index contributed by atoms with van der Waals surface area (Å²) in [5, 5.41) is 4.37. The Hall–Kier alpha value is -0.730. The van der Waals surface area contributed by atoms with Crippen LogP contribution in [0.25, 0.3) is 0 Å². The molecule has 1 atom stereocenters. The normalized spacial score (nSPS) is 19.1. The molecular weight excluding hydrogens is 244 g/mol. The molecule has 1 aromatic rings. The monoisotopic (exact) mass is 266 g/mol. The van der Waals surface area contributed by atoms with Gasteiger partial charge in [-0.1, -0.05) is 36.9 Å². The predicted molar refractivity (Wildman–Crippen MR) is 79.2 cm³/mol. The van der Waals surface area contributed by atoms with Crippen molar-refractivity contribution in [3.05, 3.63) is 28.8 Å². The predicted octanol–water partition coefficient (Wildman–Crippen LogP) is 3.97. The molecule has 0 aliphatic heterocycles. The highest BCUT2D eigenvalue weighted by Crippen LogP contribution is 2.35. The summed E-state index contributed by atoms with van der Waals surface area (Å²) in [7, 11) is 0. The van der Waals surface area contributed by atoms with Crippen LogP contribution < -0.4 is 11.1 Å². The molecule has 0 heterocycles. The highest BCUT2D eigenvalue weighted by molar-refractivity contribution is 6.31. The minimum absolute atomic E-state index is 0.0241. The summed E-state index contributed by atoms with van der Waals surface area (Å²) in [5.41, 5.74) is 8.10. The number of anilines is 1. The second kappa shape index (κ2) is 5.50. The van der Waals surface area contributed by atoms with E-state index in [0.717, 1.165) is 28.6 Å². The molecule has 18 heavy (non-hydrogen) atoms. The molecule has 0 amide bonds. The van der Waals surface area contributed by atoms with Gasteiger partial charge >= 0.3 is 0 Å². The number of nitrogens with one attached hydrogen (secondary N) is 1. The first-order valence-electron chi connectivity index (χ1n) is 6.77. The molecule has 3 N–H and O–H groups in total. The molecule has 0 bridgehead atoms. The molecule has 1 unspecified atom stereocenters. The van der Waals surface area contributed by atoms with Gasteiger partial charge in [-0.25, -0.2) is 0 Å². The fourth-order valence-corrected chi connectivity index (χ4v) is 2.72. The Morgan fingerprint density at radius 3 is 2.67 bits per heavy atom. The summed E-state index contributed by atoms with van der Waals surface area (Å²) >= 11 is 6.16. The van der Waals surface area contributed by atoms with Crippen LogP contribution in [0, 0.1) is 12.8 Å². The second-order valence-corrected chi connectivity index (χ2v) is 6.26. The zero-order valence-corrected chi connectivity index (χ0v) is 12.1. The minimum Gasteiger partial charge on any atom is -0.379 e. The molecule has 1 aromatic carbocycles. The molecule has 0 radical (unpaired) electrons. The van der Waals surface area contributed by atoms with E-state index < -0.39 is 0 Å². The molecule has 1 saturated carbocycles. The standard InChI is InChI=1S/C15H23ClN2/c1-11-6-7-13(8-14(11)16)18-15(2,10-17)9-12-4-3-5-12/h6-8,12,18H,3-5,9-10,17H2,1-2H3. The molecule has 1 aliphatic carbocycles. The largest absolute Gasteiger partial charge is 0.379 e. The van der Waals surface area contributed by atoms with Crippen LogP contribution in [0.1, 0.15) is 38.2 Å². The van der Waals surface area contributed by atoms with E-state index in [1.807, 2.05) is 19.1 Å². The minimum atomic E-state index is -0.0241. The van der Waals surface area contributed by atoms with Gasteiger partial charge in [0.1, 0.15) is 0 Å². The van der Waals surface area contributed by atoms with E-state index >= 15 is 0 Å². The van der Waals surface area contributed by atoms with Crippen LogP contribution in [0.3, 0.4) is 0 Å². The van der Waals surface area contributed by atoms with E-state index in [1.165, 1.54) is 19.3 Å². The Balaban J connectivity index is 2.05. The summed E-state index contributed by atoms with van der Waals surface area (Å²) in [5.74, 6) is 0.840. The van der Waals surface area contributed by atoms with Crippen molar-refractivity contribution in [1.82, 2.24) is 0 Å². The molecule has 1 fully saturated rings. The Bertz CT molecular complexity index is 415. The van der Waals surface area contributed by atoms with Gasteiger partial charge in [-0.3, -0.25) is 0 Å². The van der Waals surface area contributed by atoms with Gasteiger partial charge in [-0.05, 0) is 43.9 Å². The van der Waals surface area contributed by atoms with Crippen molar-refractivity contribution < 1.29 is 0 Å². The van der Waals surface area contributed by atoms with Crippen molar-refractivity contribution in [3.8, 4) is 0 Å². The number of rotatable bonds is 5. The van der Waals surface area contributed by atoms with Gasteiger partial charge in [-0.15, -0.1) is 0 Å². The third-order valence-electron chi connectivity index (χ3n) is 4.03. The molecular formula is C15H23ClN2. The van der Waals surface area contributed by atoms with Crippen LogP contribution in [-0.4, -0.2) is 12.1 Å². The van der Waals surface area contributed by atoms with Crippen LogP contribution in [0.4, 0.5) is 5.69 Å². The van der Waals surface area contributed by atoms with Crippen molar-refractivity contribution in [2.45, 2.75) is 45.1 Å². The Morgan fingerprint density at radius 2 is 2.17 bits per heavy atom. The molecule has 0 spiro atoms. The molecule has 0 saturated heterocycles. The zero-order chi connectivity index (χ0) is 13.2. The highest BCUT2D eigenvalue weighted by Gasteiger charge is 2.29. The number of hydrogen-bond acceptors (Lipinski definition) is 2. The number of hydrogen-bond donors (Lipinski definition) is 2. The van der Waals surface area contributed by atoms with Crippen molar-refractivity contribution in [2.24, 2.45) is 11.7 Å². The summed E-state index contributed by atoms with van der Waals surface area (Å²) in [4.78, 5) is 0. The van der Waals surface area contributed by atoms with Crippen molar-refractivity contribution >= 4 is 17.3 Å². The van der Waals surface area contributed by atoms with Gasteiger partial charge in [0, 0.05) is 22.8 Å². The number of benzene rings is 1. The summed E-state index contributed by atoms with van der Waals surface area (Å²) in [6, 6.07) is 6.12. The molecule has 2 nitrogen and oxygen atoms in total. The van der Waals surface area contributed by atoms with Gasteiger partial charge in [0.25, 0.3) is 0 Å². The summed E-state index contributed by atoms with van der Waals surface area (Å²) in [6.45, 7) is 4.87. The van der Waals surface area contributed by atoms with Gasteiger partial charge in [0.2, 0.25) is 0 Å².